The number of nitrogens with zero attached hydrogens (tertiary/aromatic N) is 3. The summed E-state index contributed by atoms with van der Waals surface area (Å²) in [5.41, 5.74) is 9.19. The fourth-order valence-corrected chi connectivity index (χ4v) is 3.65. The van der Waals surface area contributed by atoms with Crippen LogP contribution in [0.15, 0.2) is 30.5 Å². The molecule has 4 rings (SSSR count). The molecule has 1 aliphatic rings. The van der Waals surface area contributed by atoms with E-state index in [0.29, 0.717) is 34.9 Å². The van der Waals surface area contributed by atoms with Crippen LogP contribution >= 0.6 is 0 Å². The molecule has 2 heterocycles. The van der Waals surface area contributed by atoms with Crippen LogP contribution in [0.1, 0.15) is 42.4 Å². The van der Waals surface area contributed by atoms with E-state index in [1.54, 1.807) is 30.5 Å². The van der Waals surface area contributed by atoms with Crippen molar-refractivity contribution in [1.82, 2.24) is 20.2 Å². The Morgan fingerprint density at radius 2 is 2.07 bits per heavy atom. The number of nitrogens with two attached hydrogens (primary N) is 1. The SMILES string of the molecule is CC(=O)Oc1cccc(NC(=O)c2[nH]nc3c2C(C)(C)Cc2cnc(N)nc2-3)c1. The standard InChI is InChI=1S/C20H20N6O3/c1-10(27)29-13-6-4-5-12(7-13)23-18(28)17-14-16(25-26-17)15-11(8-20(14,2)3)9-22-19(21)24-15/h4-7,9H,8H2,1-3H3,(H,23,28)(H,25,26)(H2,21,22,24). The predicted molar refractivity (Wildman–Crippen MR) is 106 cm³/mol. The first-order valence-corrected chi connectivity index (χ1v) is 9.05. The van der Waals surface area contributed by atoms with Gasteiger partial charge in [-0.05, 0) is 29.5 Å². The Hall–Kier alpha value is -3.75. The monoisotopic (exact) mass is 392 g/mol. The number of rotatable bonds is 3. The molecule has 0 saturated carbocycles. The van der Waals surface area contributed by atoms with E-state index < -0.39 is 5.97 Å². The first-order valence-electron chi connectivity index (χ1n) is 9.05. The Labute approximate surface area is 166 Å². The molecule has 0 radical (unpaired) electrons. The normalized spacial score (nSPS) is 13.9. The fourth-order valence-electron chi connectivity index (χ4n) is 3.65. The number of aromatic nitrogens is 4. The summed E-state index contributed by atoms with van der Waals surface area (Å²) < 4.78 is 5.06. The van der Waals surface area contributed by atoms with Crippen molar-refractivity contribution in [3.8, 4) is 17.1 Å². The van der Waals surface area contributed by atoms with E-state index in [9.17, 15) is 9.59 Å². The molecule has 9 heteroatoms. The topological polar surface area (TPSA) is 136 Å². The number of carbonyl (C=O) groups is 2. The molecule has 0 spiro atoms. The highest BCUT2D eigenvalue weighted by Crippen LogP contribution is 2.42. The van der Waals surface area contributed by atoms with Gasteiger partial charge in [-0.3, -0.25) is 14.7 Å². The summed E-state index contributed by atoms with van der Waals surface area (Å²) in [6.45, 7) is 5.40. The van der Waals surface area contributed by atoms with Gasteiger partial charge < -0.3 is 15.8 Å². The number of carbonyl (C=O) groups excluding carboxylic acids is 2. The molecule has 0 saturated heterocycles. The van der Waals surface area contributed by atoms with E-state index in [2.05, 4.69) is 25.5 Å². The minimum Gasteiger partial charge on any atom is -0.427 e. The van der Waals surface area contributed by atoms with Gasteiger partial charge in [0.1, 0.15) is 17.1 Å². The maximum absolute atomic E-state index is 13.0. The quantitative estimate of drug-likeness (QED) is 0.460. The van der Waals surface area contributed by atoms with E-state index in [1.807, 2.05) is 13.8 Å². The summed E-state index contributed by atoms with van der Waals surface area (Å²) in [4.78, 5) is 32.5. The van der Waals surface area contributed by atoms with Crippen LogP contribution in [0.25, 0.3) is 11.4 Å². The summed E-state index contributed by atoms with van der Waals surface area (Å²) in [6, 6.07) is 6.62. The van der Waals surface area contributed by atoms with E-state index in [1.165, 1.54) is 6.92 Å². The zero-order valence-corrected chi connectivity index (χ0v) is 16.2. The number of nitrogen functional groups attached to an aromatic ring is 1. The van der Waals surface area contributed by atoms with E-state index in [4.69, 9.17) is 10.5 Å². The lowest BCUT2D eigenvalue weighted by atomic mass is 9.73. The van der Waals surface area contributed by atoms with Gasteiger partial charge in [-0.15, -0.1) is 0 Å². The van der Waals surface area contributed by atoms with E-state index in [0.717, 1.165) is 11.1 Å². The Bertz CT molecular complexity index is 1130. The van der Waals surface area contributed by atoms with Gasteiger partial charge in [0.15, 0.2) is 0 Å². The van der Waals surface area contributed by atoms with Gasteiger partial charge in [0, 0.05) is 30.4 Å². The van der Waals surface area contributed by atoms with Crippen LogP contribution < -0.4 is 15.8 Å². The third-order valence-electron chi connectivity index (χ3n) is 4.76. The van der Waals surface area contributed by atoms with Crippen LogP contribution in [-0.2, 0) is 16.6 Å². The maximum Gasteiger partial charge on any atom is 0.308 e. The van der Waals surface area contributed by atoms with Gasteiger partial charge in [0.05, 0.1) is 5.69 Å². The molecule has 0 atom stereocenters. The maximum atomic E-state index is 13.0. The molecule has 2 aromatic heterocycles. The Balaban J connectivity index is 1.69. The molecule has 1 aliphatic carbocycles. The number of ether oxygens (including phenoxy) is 1. The van der Waals surface area contributed by atoms with Crippen molar-refractivity contribution in [3.05, 3.63) is 47.3 Å². The van der Waals surface area contributed by atoms with Crippen molar-refractivity contribution in [3.63, 3.8) is 0 Å². The number of fused-ring (bicyclic) bond motifs is 3. The largest absolute Gasteiger partial charge is 0.427 e. The van der Waals surface area contributed by atoms with Crippen LogP contribution in [0.3, 0.4) is 0 Å². The first kappa shape index (κ1) is 18.6. The van der Waals surface area contributed by atoms with Gasteiger partial charge in [-0.1, -0.05) is 19.9 Å². The zero-order valence-electron chi connectivity index (χ0n) is 16.2. The molecule has 9 nitrogen and oxygen atoms in total. The number of esters is 1. The number of anilines is 2. The van der Waals surface area contributed by atoms with Gasteiger partial charge >= 0.3 is 5.97 Å². The molecule has 0 fully saturated rings. The Kier molecular flexibility index (Phi) is 4.30. The average molecular weight is 392 g/mol. The summed E-state index contributed by atoms with van der Waals surface area (Å²) in [6.07, 6.45) is 2.36. The van der Waals surface area contributed by atoms with Gasteiger partial charge in [0.2, 0.25) is 5.95 Å². The highest BCUT2D eigenvalue weighted by Gasteiger charge is 2.38. The lowest BCUT2D eigenvalue weighted by Gasteiger charge is -2.30. The molecule has 4 N–H and O–H groups in total. The van der Waals surface area contributed by atoms with Crippen LogP contribution in [0.5, 0.6) is 5.75 Å². The molecule has 1 aromatic carbocycles. The summed E-state index contributed by atoms with van der Waals surface area (Å²) >= 11 is 0. The highest BCUT2D eigenvalue weighted by molar-refractivity contribution is 6.05. The van der Waals surface area contributed by atoms with Crippen molar-refractivity contribution in [1.29, 1.82) is 0 Å². The molecule has 0 unspecified atom stereocenters. The second kappa shape index (κ2) is 6.69. The van der Waals surface area contributed by atoms with Crippen LogP contribution in [-0.4, -0.2) is 32.0 Å². The van der Waals surface area contributed by atoms with Crippen molar-refractivity contribution in [2.75, 3.05) is 11.1 Å². The molecule has 1 amide bonds. The van der Waals surface area contributed by atoms with E-state index >= 15 is 0 Å². The average Bonchev–Trinajstić information content (AvgIpc) is 3.09. The Morgan fingerprint density at radius 3 is 2.83 bits per heavy atom. The minimum absolute atomic E-state index is 0.158. The van der Waals surface area contributed by atoms with Gasteiger partial charge in [-0.2, -0.15) is 5.10 Å². The Morgan fingerprint density at radius 1 is 1.28 bits per heavy atom. The lowest BCUT2D eigenvalue weighted by Crippen LogP contribution is -2.29. The number of amides is 1. The van der Waals surface area contributed by atoms with Crippen molar-refractivity contribution < 1.29 is 14.3 Å². The second-order valence-corrected chi connectivity index (χ2v) is 7.56. The fraction of sp³-hybridized carbons (Fsp3) is 0.250. The van der Waals surface area contributed by atoms with Crippen LogP contribution in [0.2, 0.25) is 0 Å². The molecule has 0 bridgehead atoms. The molecule has 0 aliphatic heterocycles. The summed E-state index contributed by atoms with van der Waals surface area (Å²) in [5, 5.41) is 10.0. The third kappa shape index (κ3) is 3.42. The molecular formula is C20H20N6O3. The second-order valence-electron chi connectivity index (χ2n) is 7.56. The van der Waals surface area contributed by atoms with Crippen LogP contribution in [0.4, 0.5) is 11.6 Å². The molecule has 3 aromatic rings. The van der Waals surface area contributed by atoms with Crippen molar-refractivity contribution in [2.24, 2.45) is 0 Å². The number of aromatic amines is 1. The summed E-state index contributed by atoms with van der Waals surface area (Å²) in [5.74, 6) is -0.274. The van der Waals surface area contributed by atoms with E-state index in [-0.39, 0.29) is 17.3 Å². The molecule has 29 heavy (non-hydrogen) atoms. The van der Waals surface area contributed by atoms with Crippen molar-refractivity contribution in [2.45, 2.75) is 32.6 Å². The summed E-state index contributed by atoms with van der Waals surface area (Å²) in [7, 11) is 0. The van der Waals surface area contributed by atoms with Gasteiger partial charge in [0.25, 0.3) is 5.91 Å². The minimum atomic E-state index is -0.433. The molecular weight excluding hydrogens is 372 g/mol. The molecule has 148 valence electrons. The first-order chi connectivity index (χ1) is 13.7. The number of hydrogen-bond donors (Lipinski definition) is 3. The van der Waals surface area contributed by atoms with Crippen molar-refractivity contribution >= 4 is 23.5 Å². The number of benzene rings is 1. The number of H-pyrrole nitrogens is 1. The van der Waals surface area contributed by atoms with Gasteiger partial charge in [-0.25, -0.2) is 9.97 Å². The zero-order chi connectivity index (χ0) is 20.8. The third-order valence-corrected chi connectivity index (χ3v) is 4.76. The highest BCUT2D eigenvalue weighted by atomic mass is 16.5. The predicted octanol–water partition coefficient (Wildman–Crippen LogP) is 2.46. The smallest absolute Gasteiger partial charge is 0.308 e. The van der Waals surface area contributed by atoms with Crippen LogP contribution in [0, 0.1) is 0 Å². The number of nitrogens with one attached hydrogen (secondary N) is 2. The number of hydrogen-bond acceptors (Lipinski definition) is 7. The lowest BCUT2D eigenvalue weighted by molar-refractivity contribution is -0.131.